The molecule has 0 aliphatic carbocycles. The first kappa shape index (κ1) is 18.7. The maximum atomic E-state index is 13.6. The van der Waals surface area contributed by atoms with E-state index in [1.807, 2.05) is 0 Å². The first-order chi connectivity index (χ1) is 12.5. The number of sulfonamides is 1. The Labute approximate surface area is 153 Å². The second kappa shape index (κ2) is 8.05. The third-order valence-electron chi connectivity index (χ3n) is 4.58. The molecule has 1 aliphatic rings. The lowest BCUT2D eigenvalue weighted by Gasteiger charge is -2.31. The summed E-state index contributed by atoms with van der Waals surface area (Å²) in [4.78, 5) is 0.263. The molecule has 3 rings (SSSR count). The Morgan fingerprint density at radius 1 is 1.08 bits per heavy atom. The van der Waals surface area contributed by atoms with Crippen molar-refractivity contribution in [3.63, 3.8) is 0 Å². The van der Waals surface area contributed by atoms with Gasteiger partial charge in [-0.1, -0.05) is 12.1 Å². The molecule has 0 radical (unpaired) electrons. The van der Waals surface area contributed by atoms with Crippen molar-refractivity contribution in [3.8, 4) is 11.5 Å². The normalized spacial score (nSPS) is 16.4. The molecule has 0 aromatic heterocycles. The van der Waals surface area contributed by atoms with E-state index in [1.165, 1.54) is 17.5 Å². The van der Waals surface area contributed by atoms with Gasteiger partial charge in [0, 0.05) is 13.1 Å². The van der Waals surface area contributed by atoms with Crippen molar-refractivity contribution >= 4 is 10.0 Å². The highest BCUT2D eigenvalue weighted by Crippen LogP contribution is 2.26. The smallest absolute Gasteiger partial charge is 0.243 e. The van der Waals surface area contributed by atoms with Crippen LogP contribution in [0.15, 0.2) is 53.4 Å². The summed E-state index contributed by atoms with van der Waals surface area (Å²) in [5.74, 6) is 0.678. The van der Waals surface area contributed by atoms with Gasteiger partial charge in [0.25, 0.3) is 0 Å². The van der Waals surface area contributed by atoms with Crippen LogP contribution in [0.25, 0.3) is 0 Å². The monoisotopic (exact) mass is 379 g/mol. The number of piperidine rings is 1. The number of hydrogen-bond acceptors (Lipinski definition) is 4. The average Bonchev–Trinajstić information content (AvgIpc) is 2.68. The molecule has 140 valence electrons. The third kappa shape index (κ3) is 4.16. The summed E-state index contributed by atoms with van der Waals surface area (Å²) < 4.78 is 51.1. The van der Waals surface area contributed by atoms with Crippen molar-refractivity contribution in [2.75, 3.05) is 26.8 Å². The predicted octanol–water partition coefficient (Wildman–Crippen LogP) is 3.31. The Hall–Kier alpha value is -2.12. The lowest BCUT2D eigenvalue weighted by molar-refractivity contribution is 0.181. The molecule has 0 atom stereocenters. The minimum Gasteiger partial charge on any atom is -0.497 e. The minimum absolute atomic E-state index is 0.205. The van der Waals surface area contributed by atoms with Gasteiger partial charge in [0.1, 0.15) is 5.75 Å². The second-order valence-electron chi connectivity index (χ2n) is 6.26. The number of methoxy groups -OCH3 is 1. The maximum Gasteiger partial charge on any atom is 0.243 e. The van der Waals surface area contributed by atoms with Crippen LogP contribution in [0.1, 0.15) is 12.8 Å². The molecular formula is C19H22FNO4S. The van der Waals surface area contributed by atoms with Gasteiger partial charge in [-0.25, -0.2) is 12.8 Å². The van der Waals surface area contributed by atoms with E-state index in [-0.39, 0.29) is 22.4 Å². The molecule has 1 heterocycles. The Balaban J connectivity index is 1.56. The van der Waals surface area contributed by atoms with Crippen LogP contribution >= 0.6 is 0 Å². The molecule has 1 saturated heterocycles. The number of rotatable bonds is 6. The quantitative estimate of drug-likeness (QED) is 0.773. The summed E-state index contributed by atoms with van der Waals surface area (Å²) in [6.07, 6.45) is 1.37. The Morgan fingerprint density at radius 2 is 1.73 bits per heavy atom. The van der Waals surface area contributed by atoms with Crippen LogP contribution in [-0.2, 0) is 10.0 Å². The highest BCUT2D eigenvalue weighted by molar-refractivity contribution is 7.89. The topological polar surface area (TPSA) is 55.8 Å². The number of para-hydroxylation sites is 1. The van der Waals surface area contributed by atoms with Crippen LogP contribution in [0.2, 0.25) is 0 Å². The Bertz CT molecular complexity index is 831. The van der Waals surface area contributed by atoms with Crippen LogP contribution in [0.5, 0.6) is 11.5 Å². The second-order valence-corrected chi connectivity index (χ2v) is 8.20. The van der Waals surface area contributed by atoms with Gasteiger partial charge in [0.15, 0.2) is 11.6 Å². The summed E-state index contributed by atoms with van der Waals surface area (Å²) in [5.41, 5.74) is 0. The van der Waals surface area contributed by atoms with Crippen LogP contribution in [0.3, 0.4) is 0 Å². The Morgan fingerprint density at radius 3 is 2.35 bits per heavy atom. The zero-order valence-corrected chi connectivity index (χ0v) is 15.4. The lowest BCUT2D eigenvalue weighted by atomic mass is 9.99. The van der Waals surface area contributed by atoms with E-state index < -0.39 is 10.0 Å². The molecule has 7 heteroatoms. The van der Waals surface area contributed by atoms with Crippen molar-refractivity contribution in [2.45, 2.75) is 17.7 Å². The average molecular weight is 379 g/mol. The maximum absolute atomic E-state index is 13.6. The molecule has 1 aliphatic heterocycles. The van der Waals surface area contributed by atoms with Gasteiger partial charge in [-0.15, -0.1) is 0 Å². The lowest BCUT2D eigenvalue weighted by Crippen LogP contribution is -2.39. The van der Waals surface area contributed by atoms with Gasteiger partial charge >= 0.3 is 0 Å². The van der Waals surface area contributed by atoms with E-state index in [2.05, 4.69) is 0 Å². The van der Waals surface area contributed by atoms with Gasteiger partial charge in [-0.05, 0) is 55.2 Å². The van der Waals surface area contributed by atoms with Crippen LogP contribution in [0, 0.1) is 11.7 Å². The van der Waals surface area contributed by atoms with Gasteiger partial charge in [-0.3, -0.25) is 0 Å². The largest absolute Gasteiger partial charge is 0.497 e. The number of benzene rings is 2. The molecule has 2 aromatic rings. The SMILES string of the molecule is COc1ccc(S(=O)(=O)N2CCC(COc3ccccc3F)CC2)cc1. The van der Waals surface area contributed by atoms with Crippen LogP contribution in [0.4, 0.5) is 4.39 Å². The standard InChI is InChI=1S/C19H22FNO4S/c1-24-16-6-8-17(9-7-16)26(22,23)21-12-10-15(11-13-21)14-25-19-5-3-2-4-18(19)20/h2-9,15H,10-14H2,1H3. The molecular weight excluding hydrogens is 357 g/mol. The van der Waals surface area contributed by atoms with E-state index in [1.54, 1.807) is 42.5 Å². The molecule has 1 fully saturated rings. The van der Waals surface area contributed by atoms with Crippen molar-refractivity contribution in [3.05, 3.63) is 54.3 Å². The summed E-state index contributed by atoms with van der Waals surface area (Å²) in [6.45, 7) is 1.25. The summed E-state index contributed by atoms with van der Waals surface area (Å²) >= 11 is 0. The van der Waals surface area contributed by atoms with Crippen molar-refractivity contribution in [1.29, 1.82) is 0 Å². The molecule has 5 nitrogen and oxygen atoms in total. The third-order valence-corrected chi connectivity index (χ3v) is 6.49. The molecule has 0 N–H and O–H groups in total. The van der Waals surface area contributed by atoms with Crippen LogP contribution in [-0.4, -0.2) is 39.5 Å². The van der Waals surface area contributed by atoms with Gasteiger partial charge in [-0.2, -0.15) is 4.31 Å². The molecule has 0 saturated carbocycles. The predicted molar refractivity (Wildman–Crippen MR) is 96.4 cm³/mol. The number of ether oxygens (including phenoxy) is 2. The number of halogens is 1. The van der Waals surface area contributed by atoms with Crippen LogP contribution < -0.4 is 9.47 Å². The molecule has 0 amide bonds. The van der Waals surface area contributed by atoms with E-state index >= 15 is 0 Å². The van der Waals surface area contributed by atoms with E-state index in [0.29, 0.717) is 38.3 Å². The number of hydrogen-bond donors (Lipinski definition) is 0. The minimum atomic E-state index is -3.51. The Kier molecular flexibility index (Phi) is 5.78. The van der Waals surface area contributed by atoms with E-state index in [9.17, 15) is 12.8 Å². The van der Waals surface area contributed by atoms with E-state index in [0.717, 1.165) is 0 Å². The fourth-order valence-corrected chi connectivity index (χ4v) is 4.45. The van der Waals surface area contributed by atoms with Crippen molar-refractivity contribution in [2.24, 2.45) is 5.92 Å². The van der Waals surface area contributed by atoms with Crippen molar-refractivity contribution in [1.82, 2.24) is 4.31 Å². The fraction of sp³-hybridized carbons (Fsp3) is 0.368. The highest BCUT2D eigenvalue weighted by atomic mass is 32.2. The summed E-state index contributed by atoms with van der Waals surface area (Å²) in [7, 11) is -1.97. The molecule has 0 spiro atoms. The van der Waals surface area contributed by atoms with Crippen molar-refractivity contribution < 1.29 is 22.3 Å². The zero-order valence-electron chi connectivity index (χ0n) is 14.6. The van der Waals surface area contributed by atoms with Gasteiger partial charge < -0.3 is 9.47 Å². The highest BCUT2D eigenvalue weighted by Gasteiger charge is 2.29. The first-order valence-corrected chi connectivity index (χ1v) is 9.96. The van der Waals surface area contributed by atoms with Gasteiger partial charge in [0.05, 0.1) is 18.6 Å². The molecule has 26 heavy (non-hydrogen) atoms. The fourth-order valence-electron chi connectivity index (χ4n) is 2.98. The molecule has 2 aromatic carbocycles. The summed E-state index contributed by atoms with van der Waals surface area (Å²) in [6, 6.07) is 12.7. The molecule has 0 unspecified atom stereocenters. The first-order valence-electron chi connectivity index (χ1n) is 8.52. The molecule has 0 bridgehead atoms. The zero-order chi connectivity index (χ0) is 18.6. The van der Waals surface area contributed by atoms with Gasteiger partial charge in [0.2, 0.25) is 10.0 Å². The van der Waals surface area contributed by atoms with E-state index in [4.69, 9.17) is 9.47 Å². The summed E-state index contributed by atoms with van der Waals surface area (Å²) in [5, 5.41) is 0. The number of nitrogens with zero attached hydrogens (tertiary/aromatic N) is 1.